The number of nitrogens with zero attached hydrogens (tertiary/aromatic N) is 2. The van der Waals surface area contributed by atoms with Crippen molar-refractivity contribution in [1.29, 1.82) is 0 Å². The molecular weight excluding hydrogens is 510 g/mol. The van der Waals surface area contributed by atoms with E-state index in [-0.39, 0.29) is 30.8 Å². The Labute approximate surface area is 219 Å². The molecule has 0 aliphatic carbocycles. The van der Waals surface area contributed by atoms with Crippen LogP contribution in [0.4, 0.5) is 31.1 Å². The van der Waals surface area contributed by atoms with Gasteiger partial charge in [-0.15, -0.1) is 0 Å². The zero-order chi connectivity index (χ0) is 28.9. The number of urea groups is 1. The van der Waals surface area contributed by atoms with E-state index in [2.05, 4.69) is 0 Å². The van der Waals surface area contributed by atoms with Gasteiger partial charge < -0.3 is 14.5 Å². The topological polar surface area (TPSA) is 32.8 Å². The highest BCUT2D eigenvalue weighted by Crippen LogP contribution is 2.45. The summed E-state index contributed by atoms with van der Waals surface area (Å²) in [6.07, 6.45) is -11.1. The monoisotopic (exact) mass is 544 g/mol. The fraction of sp³-hybridized carbons (Fsp3) is 0.536. The average molecular weight is 545 g/mol. The molecule has 0 bridgehead atoms. The molecule has 2 aromatic carbocycles. The molecule has 10 heteroatoms. The number of alkyl halides is 6. The van der Waals surface area contributed by atoms with Crippen LogP contribution in [0.1, 0.15) is 76.8 Å². The van der Waals surface area contributed by atoms with Crippen LogP contribution < -0.4 is 0 Å². The molecule has 0 aromatic heterocycles. The van der Waals surface area contributed by atoms with E-state index in [4.69, 9.17) is 4.74 Å². The third-order valence-corrected chi connectivity index (χ3v) is 6.71. The molecule has 1 aliphatic rings. The molecular formula is C28H34F6N2O2. The Kier molecular flexibility index (Phi) is 7.66. The maximum Gasteiger partial charge on any atom is 0.416 e. The Morgan fingerprint density at radius 2 is 1.34 bits per heavy atom. The lowest BCUT2D eigenvalue weighted by molar-refractivity contribution is -0.143. The Morgan fingerprint density at radius 3 is 1.76 bits per heavy atom. The molecule has 1 aliphatic heterocycles. The molecule has 3 rings (SSSR count). The van der Waals surface area contributed by atoms with Crippen molar-refractivity contribution in [2.45, 2.75) is 83.5 Å². The van der Waals surface area contributed by atoms with Crippen molar-refractivity contribution in [1.82, 2.24) is 9.80 Å². The number of hydrogen-bond acceptors (Lipinski definition) is 2. The second kappa shape index (κ2) is 9.77. The highest BCUT2D eigenvalue weighted by Gasteiger charge is 2.57. The lowest BCUT2D eigenvalue weighted by Gasteiger charge is -2.45. The zero-order valence-electron chi connectivity index (χ0n) is 22.6. The van der Waals surface area contributed by atoms with E-state index in [0.717, 1.165) is 5.56 Å². The van der Waals surface area contributed by atoms with Crippen LogP contribution >= 0.6 is 0 Å². The fourth-order valence-corrected chi connectivity index (χ4v) is 4.89. The van der Waals surface area contributed by atoms with Crippen molar-refractivity contribution in [3.63, 3.8) is 0 Å². The normalized spacial score (nSPS) is 20.3. The Hall–Kier alpha value is -2.75. The smallest absolute Gasteiger partial charge is 0.371 e. The highest BCUT2D eigenvalue weighted by molar-refractivity contribution is 5.80. The van der Waals surface area contributed by atoms with E-state index in [1.54, 1.807) is 9.80 Å². The number of hydrogen-bond donors (Lipinski definition) is 0. The average Bonchev–Trinajstić information content (AvgIpc) is 3.10. The minimum atomic E-state index is -4.96. The van der Waals surface area contributed by atoms with Crippen LogP contribution in [0.2, 0.25) is 0 Å². The molecule has 1 saturated heterocycles. The lowest BCUT2D eigenvalue weighted by Crippen LogP contribution is -2.56. The van der Waals surface area contributed by atoms with E-state index >= 15 is 0 Å². The van der Waals surface area contributed by atoms with E-state index in [1.165, 1.54) is 6.92 Å². The van der Waals surface area contributed by atoms with Gasteiger partial charge in [0.15, 0.2) is 0 Å². The number of carbonyl (C=O) groups excluding carboxylic acids is 1. The van der Waals surface area contributed by atoms with E-state index in [0.29, 0.717) is 12.1 Å². The van der Waals surface area contributed by atoms with Gasteiger partial charge in [0.1, 0.15) is 5.54 Å². The number of halogens is 6. The molecule has 38 heavy (non-hydrogen) atoms. The first kappa shape index (κ1) is 29.8. The third-order valence-electron chi connectivity index (χ3n) is 6.71. The molecule has 210 valence electrons. The van der Waals surface area contributed by atoms with Crippen LogP contribution in [0, 0.1) is 0 Å². The van der Waals surface area contributed by atoms with Crippen molar-refractivity contribution in [3.05, 3.63) is 70.8 Å². The van der Waals surface area contributed by atoms with E-state index < -0.39 is 46.2 Å². The molecule has 4 nitrogen and oxygen atoms in total. The van der Waals surface area contributed by atoms with Crippen molar-refractivity contribution < 1.29 is 35.9 Å². The Bertz CT molecular complexity index is 1120. The van der Waals surface area contributed by atoms with Gasteiger partial charge in [0.2, 0.25) is 0 Å². The van der Waals surface area contributed by atoms with Crippen LogP contribution in [0.25, 0.3) is 0 Å². The molecule has 0 radical (unpaired) electrons. The van der Waals surface area contributed by atoms with Gasteiger partial charge in [-0.1, -0.05) is 30.3 Å². The summed E-state index contributed by atoms with van der Waals surface area (Å²) in [6.45, 7) is 12.8. The summed E-state index contributed by atoms with van der Waals surface area (Å²) in [5.41, 5.74) is -4.59. The summed E-state index contributed by atoms with van der Waals surface area (Å²) >= 11 is 0. The van der Waals surface area contributed by atoms with Gasteiger partial charge in [-0.25, -0.2) is 4.79 Å². The molecule has 2 amide bonds. The SMILES string of the molecule is C[C@@H](OC[C@@]1(c2ccccc2)CN(C(C)(C)C)C(=O)N1C(C)(C)C)c1cc(C(F)(F)F)cc(C(F)(F)F)c1. The quantitative estimate of drug-likeness (QED) is 0.357. The first-order valence-corrected chi connectivity index (χ1v) is 12.3. The minimum absolute atomic E-state index is 0.0971. The summed E-state index contributed by atoms with van der Waals surface area (Å²) in [5.74, 6) is 0. The number of rotatable bonds is 5. The standard InChI is InChI=1S/C28H34F6N2O2/c1-18(19-13-21(27(29,30)31)15-22(14-19)28(32,33)34)38-17-26(20-11-9-8-10-12-20)16-35(24(2,3)4)23(37)36(26)25(5,6)7/h8-15,18H,16-17H2,1-7H3/t18-,26-/m1/s1. The van der Waals surface area contributed by atoms with Gasteiger partial charge in [-0.05, 0) is 77.8 Å². The predicted octanol–water partition coefficient (Wildman–Crippen LogP) is 8.03. The number of amides is 2. The number of ether oxygens (including phenoxy) is 1. The van der Waals surface area contributed by atoms with E-state index in [9.17, 15) is 31.1 Å². The Balaban J connectivity index is 2.09. The molecule has 1 fully saturated rings. The molecule has 0 spiro atoms. The largest absolute Gasteiger partial charge is 0.416 e. The Morgan fingerprint density at radius 1 is 0.842 bits per heavy atom. The second-order valence-electron chi connectivity index (χ2n) is 11.7. The van der Waals surface area contributed by atoms with Crippen molar-refractivity contribution in [3.8, 4) is 0 Å². The first-order valence-electron chi connectivity index (χ1n) is 12.3. The van der Waals surface area contributed by atoms with Gasteiger partial charge in [0.25, 0.3) is 0 Å². The highest BCUT2D eigenvalue weighted by atomic mass is 19.4. The first-order chi connectivity index (χ1) is 17.2. The van der Waals surface area contributed by atoms with Gasteiger partial charge in [-0.3, -0.25) is 0 Å². The van der Waals surface area contributed by atoms with Gasteiger partial charge in [0, 0.05) is 11.1 Å². The third kappa shape index (κ3) is 5.95. The number of carbonyl (C=O) groups is 1. The van der Waals surface area contributed by atoms with Crippen molar-refractivity contribution in [2.75, 3.05) is 13.2 Å². The van der Waals surface area contributed by atoms with Crippen molar-refractivity contribution in [2.24, 2.45) is 0 Å². The molecule has 0 unspecified atom stereocenters. The predicted molar refractivity (Wildman–Crippen MR) is 132 cm³/mol. The fourth-order valence-electron chi connectivity index (χ4n) is 4.89. The van der Waals surface area contributed by atoms with Crippen LogP contribution in [-0.4, -0.2) is 40.1 Å². The maximum atomic E-state index is 13.8. The molecule has 2 atom stereocenters. The van der Waals surface area contributed by atoms with Crippen LogP contribution in [0.15, 0.2) is 48.5 Å². The van der Waals surface area contributed by atoms with Gasteiger partial charge in [-0.2, -0.15) is 26.3 Å². The summed E-state index contributed by atoms with van der Waals surface area (Å²) in [7, 11) is 0. The molecule has 2 aromatic rings. The summed E-state index contributed by atoms with van der Waals surface area (Å²) in [4.78, 5) is 17.2. The molecule has 0 saturated carbocycles. The van der Waals surface area contributed by atoms with Crippen LogP contribution in [-0.2, 0) is 22.6 Å². The summed E-state index contributed by atoms with van der Waals surface area (Å²) in [5, 5.41) is 0. The minimum Gasteiger partial charge on any atom is -0.371 e. The molecule has 1 heterocycles. The van der Waals surface area contributed by atoms with E-state index in [1.807, 2.05) is 71.9 Å². The summed E-state index contributed by atoms with van der Waals surface area (Å²) in [6, 6.07) is 10.4. The second-order valence-corrected chi connectivity index (χ2v) is 11.7. The van der Waals surface area contributed by atoms with Gasteiger partial charge >= 0.3 is 18.4 Å². The van der Waals surface area contributed by atoms with Crippen molar-refractivity contribution >= 4 is 6.03 Å². The van der Waals surface area contributed by atoms with Crippen LogP contribution in [0.3, 0.4) is 0 Å². The summed E-state index contributed by atoms with van der Waals surface area (Å²) < 4.78 is 86.7. The van der Waals surface area contributed by atoms with Crippen LogP contribution in [0.5, 0.6) is 0 Å². The maximum absolute atomic E-state index is 13.8. The molecule has 0 N–H and O–H groups in total. The lowest BCUT2D eigenvalue weighted by atomic mass is 9.86. The number of benzene rings is 2. The van der Waals surface area contributed by atoms with Gasteiger partial charge in [0.05, 0.1) is 30.4 Å². The zero-order valence-corrected chi connectivity index (χ0v) is 22.6.